The largest absolute Gasteiger partial charge is 0.323 e. The van der Waals surface area contributed by atoms with Crippen LogP contribution in [0.25, 0.3) is 0 Å². The van der Waals surface area contributed by atoms with Crippen molar-refractivity contribution in [2.75, 3.05) is 0 Å². The van der Waals surface area contributed by atoms with Crippen molar-refractivity contribution in [3.8, 4) is 12.3 Å². The third-order valence-electron chi connectivity index (χ3n) is 1.71. The van der Waals surface area contributed by atoms with Gasteiger partial charge in [-0.1, -0.05) is 17.7 Å². The van der Waals surface area contributed by atoms with Crippen molar-refractivity contribution in [1.29, 1.82) is 0 Å². The highest BCUT2D eigenvalue weighted by Crippen LogP contribution is 2.26. The van der Waals surface area contributed by atoms with Crippen LogP contribution in [0.2, 0.25) is 5.02 Å². The molecule has 0 aromatic heterocycles. The Kier molecular flexibility index (Phi) is 3.80. The van der Waals surface area contributed by atoms with Crippen LogP contribution in [-0.4, -0.2) is 0 Å². The predicted octanol–water partition coefficient (Wildman–Crippen LogP) is 3.13. The highest BCUT2D eigenvalue weighted by Gasteiger charge is 2.05. The van der Waals surface area contributed by atoms with E-state index in [0.717, 1.165) is 10.0 Å². The van der Waals surface area contributed by atoms with Crippen LogP contribution in [-0.2, 0) is 0 Å². The fraction of sp³-hybridized carbons (Fsp3) is 0.200. The summed E-state index contributed by atoms with van der Waals surface area (Å²) in [5.74, 6) is 2.52. The summed E-state index contributed by atoms with van der Waals surface area (Å²) < 4.78 is 0.867. The molecule has 0 aliphatic rings. The van der Waals surface area contributed by atoms with Gasteiger partial charge in [0, 0.05) is 16.9 Å². The van der Waals surface area contributed by atoms with Crippen LogP contribution in [0.3, 0.4) is 0 Å². The second kappa shape index (κ2) is 4.66. The van der Waals surface area contributed by atoms with E-state index in [2.05, 4.69) is 21.9 Å². The molecule has 2 N–H and O–H groups in total. The molecule has 1 atom stereocenters. The Morgan fingerprint density at radius 3 is 2.85 bits per heavy atom. The first kappa shape index (κ1) is 10.6. The van der Waals surface area contributed by atoms with Gasteiger partial charge in [0.2, 0.25) is 0 Å². The maximum absolute atomic E-state index is 5.90. The van der Waals surface area contributed by atoms with E-state index in [1.807, 2.05) is 18.2 Å². The van der Waals surface area contributed by atoms with Crippen molar-refractivity contribution in [3.05, 3.63) is 33.3 Å². The van der Waals surface area contributed by atoms with E-state index in [9.17, 15) is 0 Å². The molecule has 1 nitrogen and oxygen atoms in total. The number of hydrogen-bond donors (Lipinski definition) is 1. The molecule has 0 fully saturated rings. The van der Waals surface area contributed by atoms with Crippen molar-refractivity contribution in [1.82, 2.24) is 0 Å². The average Bonchev–Trinajstić information content (AvgIpc) is 2.10. The predicted molar refractivity (Wildman–Crippen MR) is 59.5 cm³/mol. The number of halogens is 2. The molecule has 1 aromatic rings. The van der Waals surface area contributed by atoms with Crippen LogP contribution >= 0.6 is 27.5 Å². The average molecular weight is 259 g/mol. The quantitative estimate of drug-likeness (QED) is 0.811. The van der Waals surface area contributed by atoms with Crippen LogP contribution in [0.5, 0.6) is 0 Å². The Labute approximate surface area is 91.4 Å². The Hall–Kier alpha value is -0.490. The standard InChI is InChI=1S/C10H9BrClN/c1-2-3-10(13)7-4-5-8(11)9(12)6-7/h1,4-6,10H,3,13H2. The molecule has 0 saturated heterocycles. The van der Waals surface area contributed by atoms with Gasteiger partial charge in [-0.25, -0.2) is 0 Å². The summed E-state index contributed by atoms with van der Waals surface area (Å²) in [4.78, 5) is 0. The van der Waals surface area contributed by atoms with Gasteiger partial charge >= 0.3 is 0 Å². The molecule has 0 aliphatic heterocycles. The first-order valence-electron chi connectivity index (χ1n) is 3.79. The lowest BCUT2D eigenvalue weighted by atomic mass is 10.1. The fourth-order valence-corrected chi connectivity index (χ4v) is 1.42. The Morgan fingerprint density at radius 1 is 1.62 bits per heavy atom. The fourth-order valence-electron chi connectivity index (χ4n) is 0.988. The molecule has 0 bridgehead atoms. The van der Waals surface area contributed by atoms with Gasteiger partial charge in [0.1, 0.15) is 0 Å². The molecular formula is C10H9BrClN. The molecule has 0 spiro atoms. The molecule has 1 unspecified atom stereocenters. The molecule has 0 aliphatic carbocycles. The topological polar surface area (TPSA) is 26.0 Å². The maximum atomic E-state index is 5.90. The summed E-state index contributed by atoms with van der Waals surface area (Å²) in [7, 11) is 0. The van der Waals surface area contributed by atoms with E-state index >= 15 is 0 Å². The highest BCUT2D eigenvalue weighted by atomic mass is 79.9. The normalized spacial score (nSPS) is 12.2. The molecule has 0 amide bonds. The van der Waals surface area contributed by atoms with Crippen LogP contribution in [0.15, 0.2) is 22.7 Å². The van der Waals surface area contributed by atoms with Crippen molar-refractivity contribution in [3.63, 3.8) is 0 Å². The lowest BCUT2D eigenvalue weighted by Gasteiger charge is -2.09. The first-order chi connectivity index (χ1) is 6.15. The molecular weight excluding hydrogens is 249 g/mol. The van der Waals surface area contributed by atoms with E-state index in [1.165, 1.54) is 0 Å². The monoisotopic (exact) mass is 257 g/mol. The molecule has 1 aromatic carbocycles. The molecule has 0 saturated carbocycles. The van der Waals surface area contributed by atoms with Gasteiger partial charge in [-0.15, -0.1) is 12.3 Å². The second-order valence-corrected chi connectivity index (χ2v) is 3.95. The van der Waals surface area contributed by atoms with Gasteiger partial charge in [0.15, 0.2) is 0 Å². The number of rotatable bonds is 2. The summed E-state index contributed by atoms with van der Waals surface area (Å²) in [6.07, 6.45) is 5.69. The van der Waals surface area contributed by atoms with Gasteiger partial charge in [-0.2, -0.15) is 0 Å². The van der Waals surface area contributed by atoms with E-state index in [1.54, 1.807) is 0 Å². The van der Waals surface area contributed by atoms with E-state index in [0.29, 0.717) is 11.4 Å². The van der Waals surface area contributed by atoms with Crippen LogP contribution in [0.4, 0.5) is 0 Å². The van der Waals surface area contributed by atoms with Gasteiger partial charge in [0.05, 0.1) is 5.02 Å². The minimum atomic E-state index is -0.129. The van der Waals surface area contributed by atoms with Gasteiger partial charge in [0.25, 0.3) is 0 Å². The van der Waals surface area contributed by atoms with Crippen molar-refractivity contribution in [2.24, 2.45) is 5.73 Å². The zero-order valence-electron chi connectivity index (χ0n) is 6.93. The molecule has 0 radical (unpaired) electrons. The summed E-state index contributed by atoms with van der Waals surface area (Å²) in [6, 6.07) is 5.48. The first-order valence-corrected chi connectivity index (χ1v) is 4.96. The number of benzene rings is 1. The number of nitrogens with two attached hydrogens (primary N) is 1. The molecule has 1 rings (SSSR count). The van der Waals surface area contributed by atoms with E-state index < -0.39 is 0 Å². The number of hydrogen-bond acceptors (Lipinski definition) is 1. The zero-order chi connectivity index (χ0) is 9.84. The maximum Gasteiger partial charge on any atom is 0.0551 e. The summed E-state index contributed by atoms with van der Waals surface area (Å²) in [5.41, 5.74) is 6.77. The third kappa shape index (κ3) is 2.73. The zero-order valence-corrected chi connectivity index (χ0v) is 9.27. The highest BCUT2D eigenvalue weighted by molar-refractivity contribution is 9.10. The molecule has 68 valence electrons. The van der Waals surface area contributed by atoms with Crippen molar-refractivity contribution >= 4 is 27.5 Å². The van der Waals surface area contributed by atoms with Gasteiger partial charge < -0.3 is 5.73 Å². The van der Waals surface area contributed by atoms with Crippen LogP contribution in [0.1, 0.15) is 18.0 Å². The minimum Gasteiger partial charge on any atom is -0.323 e. The molecule has 3 heteroatoms. The summed E-state index contributed by atoms with van der Waals surface area (Å²) in [6.45, 7) is 0. The van der Waals surface area contributed by atoms with Crippen LogP contribution in [0, 0.1) is 12.3 Å². The molecule has 0 heterocycles. The lowest BCUT2D eigenvalue weighted by molar-refractivity contribution is 0.754. The third-order valence-corrected chi connectivity index (χ3v) is 2.94. The van der Waals surface area contributed by atoms with Crippen LogP contribution < -0.4 is 5.73 Å². The Balaban J connectivity index is 2.91. The van der Waals surface area contributed by atoms with Gasteiger partial charge in [-0.3, -0.25) is 0 Å². The van der Waals surface area contributed by atoms with E-state index in [-0.39, 0.29) is 6.04 Å². The lowest BCUT2D eigenvalue weighted by Crippen LogP contribution is -2.08. The SMILES string of the molecule is C#CCC(N)c1ccc(Br)c(Cl)c1. The van der Waals surface area contributed by atoms with Crippen molar-refractivity contribution in [2.45, 2.75) is 12.5 Å². The Bertz CT molecular complexity index is 343. The Morgan fingerprint density at radius 2 is 2.31 bits per heavy atom. The molecule has 13 heavy (non-hydrogen) atoms. The summed E-state index contributed by atoms with van der Waals surface area (Å²) in [5, 5.41) is 0.657. The van der Waals surface area contributed by atoms with E-state index in [4.69, 9.17) is 23.8 Å². The minimum absolute atomic E-state index is 0.129. The summed E-state index contributed by atoms with van der Waals surface area (Å²) >= 11 is 9.21. The van der Waals surface area contributed by atoms with Crippen molar-refractivity contribution < 1.29 is 0 Å². The van der Waals surface area contributed by atoms with Gasteiger partial charge in [-0.05, 0) is 33.6 Å². The number of terminal acetylenes is 1. The smallest absolute Gasteiger partial charge is 0.0551 e. The second-order valence-electron chi connectivity index (χ2n) is 2.69.